The Labute approximate surface area is 212 Å². The number of methoxy groups -OCH3 is 1. The average Bonchev–Trinajstić information content (AvgIpc) is 2.88. The number of amides is 1. The Kier molecular flexibility index (Phi) is 8.44. The van der Waals surface area contributed by atoms with E-state index in [1.807, 2.05) is 0 Å². The van der Waals surface area contributed by atoms with Crippen LogP contribution in [0.15, 0.2) is 72.8 Å². The summed E-state index contributed by atoms with van der Waals surface area (Å²) < 4.78 is 86.1. The van der Waals surface area contributed by atoms with E-state index in [1.165, 1.54) is 24.3 Å². The third kappa shape index (κ3) is 7.34. The summed E-state index contributed by atoms with van der Waals surface area (Å²) in [7, 11) is 1.10. The largest absolute Gasteiger partial charge is 0.467 e. The van der Waals surface area contributed by atoms with Crippen LogP contribution in [-0.2, 0) is 28.3 Å². The third-order valence-electron chi connectivity index (χ3n) is 5.29. The number of ether oxygens (including phenoxy) is 2. The number of nitrogens with one attached hydrogen (secondary N) is 1. The molecule has 3 aromatic carbocycles. The molecule has 38 heavy (non-hydrogen) atoms. The first-order chi connectivity index (χ1) is 17.8. The summed E-state index contributed by atoms with van der Waals surface area (Å²) >= 11 is 0. The van der Waals surface area contributed by atoms with Gasteiger partial charge in [-0.3, -0.25) is 4.79 Å². The first-order valence-electron chi connectivity index (χ1n) is 10.8. The molecular formula is C26H19F6NO5. The van der Waals surface area contributed by atoms with Crippen LogP contribution in [0.3, 0.4) is 0 Å². The highest BCUT2D eigenvalue weighted by Crippen LogP contribution is 2.30. The van der Waals surface area contributed by atoms with Crippen molar-refractivity contribution in [2.75, 3.05) is 7.11 Å². The molecule has 3 rings (SSSR count). The number of rotatable bonds is 7. The third-order valence-corrected chi connectivity index (χ3v) is 5.29. The Bertz CT molecular complexity index is 1280. The number of benzene rings is 3. The van der Waals surface area contributed by atoms with Crippen LogP contribution in [0, 0.1) is 0 Å². The van der Waals surface area contributed by atoms with Gasteiger partial charge < -0.3 is 14.8 Å². The molecule has 1 amide bonds. The smallest absolute Gasteiger partial charge is 0.416 e. The molecule has 1 N–H and O–H groups in total. The van der Waals surface area contributed by atoms with Gasteiger partial charge in [0.2, 0.25) is 0 Å². The number of halogens is 6. The quantitative estimate of drug-likeness (QED) is 0.245. The number of carbonyl (C=O) groups excluding carboxylic acids is 3. The summed E-state index contributed by atoms with van der Waals surface area (Å²) in [5.41, 5.74) is -1.54. The molecule has 0 bridgehead atoms. The molecule has 3 aromatic rings. The number of esters is 2. The summed E-state index contributed by atoms with van der Waals surface area (Å²) in [5.74, 6) is -2.41. The Balaban J connectivity index is 1.65. The molecule has 200 valence electrons. The Morgan fingerprint density at radius 2 is 1.21 bits per heavy atom. The predicted molar refractivity (Wildman–Crippen MR) is 121 cm³/mol. The van der Waals surface area contributed by atoms with Crippen LogP contribution in [0.2, 0.25) is 0 Å². The minimum atomic E-state index is -4.57. The fourth-order valence-electron chi connectivity index (χ4n) is 3.28. The number of hydrogen-bond acceptors (Lipinski definition) is 5. The molecule has 0 fully saturated rings. The van der Waals surface area contributed by atoms with E-state index in [-0.39, 0.29) is 23.3 Å². The first-order valence-corrected chi connectivity index (χ1v) is 10.8. The summed E-state index contributed by atoms with van der Waals surface area (Å²) in [6, 6.07) is 11.5. The zero-order valence-electron chi connectivity index (χ0n) is 19.5. The molecule has 0 aliphatic carbocycles. The van der Waals surface area contributed by atoms with Gasteiger partial charge in [-0.25, -0.2) is 9.59 Å². The molecule has 0 radical (unpaired) electrons. The van der Waals surface area contributed by atoms with Crippen molar-refractivity contribution in [1.82, 2.24) is 5.32 Å². The van der Waals surface area contributed by atoms with Crippen LogP contribution in [0.5, 0.6) is 5.75 Å². The molecule has 0 unspecified atom stereocenters. The number of hydrogen-bond donors (Lipinski definition) is 1. The summed E-state index contributed by atoms with van der Waals surface area (Å²) in [6.45, 7) is 0. The molecule has 0 spiro atoms. The lowest BCUT2D eigenvalue weighted by Crippen LogP contribution is -2.43. The minimum Gasteiger partial charge on any atom is -0.467 e. The Hall–Kier alpha value is -4.35. The summed E-state index contributed by atoms with van der Waals surface area (Å²) in [5, 5.41) is 2.41. The maximum Gasteiger partial charge on any atom is 0.416 e. The monoisotopic (exact) mass is 539 g/mol. The molecule has 0 saturated heterocycles. The van der Waals surface area contributed by atoms with Crippen molar-refractivity contribution in [1.29, 1.82) is 0 Å². The lowest BCUT2D eigenvalue weighted by Gasteiger charge is -2.17. The molecule has 1 atom stereocenters. The van der Waals surface area contributed by atoms with Crippen molar-refractivity contribution in [2.45, 2.75) is 24.8 Å². The van der Waals surface area contributed by atoms with Crippen molar-refractivity contribution < 1.29 is 50.2 Å². The topological polar surface area (TPSA) is 81.7 Å². The van der Waals surface area contributed by atoms with Crippen molar-refractivity contribution in [3.05, 3.63) is 101 Å². The van der Waals surface area contributed by atoms with Crippen LogP contribution in [0.1, 0.15) is 37.4 Å². The standard InChI is InChI=1S/C26H19F6NO5/c1-37-24(36)21(33-22(34)16-4-8-18(9-5-16)25(27,28)29)14-15-2-12-20(13-3-15)38-23(35)17-6-10-19(11-7-17)26(30,31)32/h2-13,21H,14H2,1H3,(H,33,34)/t21-/m0/s1. The highest BCUT2D eigenvalue weighted by molar-refractivity contribution is 5.97. The van der Waals surface area contributed by atoms with E-state index in [0.717, 1.165) is 55.6 Å². The molecular weight excluding hydrogens is 520 g/mol. The first kappa shape index (κ1) is 28.2. The maximum absolute atomic E-state index is 12.7. The van der Waals surface area contributed by atoms with Gasteiger partial charge in [0.15, 0.2) is 0 Å². The predicted octanol–water partition coefficient (Wildman–Crippen LogP) is 5.46. The Morgan fingerprint density at radius 1 is 0.737 bits per heavy atom. The lowest BCUT2D eigenvalue weighted by atomic mass is 10.0. The van der Waals surface area contributed by atoms with Gasteiger partial charge >= 0.3 is 24.3 Å². The fourth-order valence-corrected chi connectivity index (χ4v) is 3.28. The van der Waals surface area contributed by atoms with Gasteiger partial charge in [-0.05, 0) is 66.2 Å². The molecule has 0 aliphatic heterocycles. The molecule has 0 saturated carbocycles. The van der Waals surface area contributed by atoms with Gasteiger partial charge in [0, 0.05) is 12.0 Å². The number of alkyl halides is 6. The second-order valence-electron chi connectivity index (χ2n) is 7.94. The normalized spacial score (nSPS) is 12.4. The minimum absolute atomic E-state index is 0.0633. The maximum atomic E-state index is 12.7. The van der Waals surface area contributed by atoms with Gasteiger partial charge in [0.25, 0.3) is 5.91 Å². The zero-order chi connectivity index (χ0) is 28.1. The van der Waals surface area contributed by atoms with E-state index in [9.17, 15) is 40.7 Å². The molecule has 6 nitrogen and oxygen atoms in total. The average molecular weight is 539 g/mol. The molecule has 0 aliphatic rings. The second-order valence-corrected chi connectivity index (χ2v) is 7.94. The van der Waals surface area contributed by atoms with E-state index in [1.54, 1.807) is 0 Å². The van der Waals surface area contributed by atoms with E-state index in [0.29, 0.717) is 5.56 Å². The summed E-state index contributed by atoms with van der Waals surface area (Å²) in [6.07, 6.45) is -9.18. The van der Waals surface area contributed by atoms with E-state index in [4.69, 9.17) is 9.47 Å². The van der Waals surface area contributed by atoms with E-state index >= 15 is 0 Å². The van der Waals surface area contributed by atoms with Crippen LogP contribution >= 0.6 is 0 Å². The van der Waals surface area contributed by atoms with Crippen molar-refractivity contribution in [2.24, 2.45) is 0 Å². The van der Waals surface area contributed by atoms with E-state index in [2.05, 4.69) is 5.32 Å². The van der Waals surface area contributed by atoms with Gasteiger partial charge in [-0.1, -0.05) is 12.1 Å². The highest BCUT2D eigenvalue weighted by Gasteiger charge is 2.31. The zero-order valence-corrected chi connectivity index (χ0v) is 19.5. The highest BCUT2D eigenvalue weighted by atomic mass is 19.4. The molecule has 12 heteroatoms. The van der Waals surface area contributed by atoms with Crippen LogP contribution in [0.25, 0.3) is 0 Å². The van der Waals surface area contributed by atoms with Gasteiger partial charge in [-0.2, -0.15) is 26.3 Å². The number of carbonyl (C=O) groups is 3. The fraction of sp³-hybridized carbons (Fsp3) is 0.192. The van der Waals surface area contributed by atoms with E-state index < -0.39 is 47.4 Å². The van der Waals surface area contributed by atoms with Crippen LogP contribution in [0.4, 0.5) is 26.3 Å². The van der Waals surface area contributed by atoms with Crippen molar-refractivity contribution in [3.8, 4) is 5.75 Å². The second kappa shape index (κ2) is 11.4. The van der Waals surface area contributed by atoms with Crippen molar-refractivity contribution >= 4 is 17.8 Å². The van der Waals surface area contributed by atoms with Gasteiger partial charge in [0.1, 0.15) is 11.8 Å². The van der Waals surface area contributed by atoms with Crippen molar-refractivity contribution in [3.63, 3.8) is 0 Å². The van der Waals surface area contributed by atoms with Crippen LogP contribution < -0.4 is 10.1 Å². The summed E-state index contributed by atoms with van der Waals surface area (Å²) in [4.78, 5) is 36.9. The van der Waals surface area contributed by atoms with Crippen LogP contribution in [-0.4, -0.2) is 31.0 Å². The molecule has 0 heterocycles. The Morgan fingerprint density at radius 3 is 1.66 bits per heavy atom. The molecule has 0 aromatic heterocycles. The SMILES string of the molecule is COC(=O)[C@H](Cc1ccc(OC(=O)c2ccc(C(F)(F)F)cc2)cc1)NC(=O)c1ccc(C(F)(F)F)cc1. The van der Waals surface area contributed by atoms with Gasteiger partial charge in [0.05, 0.1) is 23.8 Å². The van der Waals surface area contributed by atoms with Gasteiger partial charge in [-0.15, -0.1) is 0 Å². The lowest BCUT2D eigenvalue weighted by molar-refractivity contribution is -0.143.